The van der Waals surface area contributed by atoms with E-state index < -0.39 is 0 Å². The number of hydrogen-bond donors (Lipinski definition) is 0. The van der Waals surface area contributed by atoms with Crippen molar-refractivity contribution in [3.05, 3.63) is 0 Å². The Morgan fingerprint density at radius 3 is 2.62 bits per heavy atom. The quantitative estimate of drug-likeness (QED) is 0.648. The number of ketones is 1. The van der Waals surface area contributed by atoms with E-state index in [4.69, 9.17) is 0 Å². The third-order valence-corrected chi connectivity index (χ3v) is 4.02. The van der Waals surface area contributed by atoms with Crippen LogP contribution in [0.4, 0.5) is 0 Å². The molecule has 1 saturated carbocycles. The summed E-state index contributed by atoms with van der Waals surface area (Å²) in [5.41, 5.74) is -0.250. The average Bonchev–Trinajstić information content (AvgIpc) is 2.75. The third-order valence-electron chi connectivity index (χ3n) is 4.02. The van der Waals surface area contributed by atoms with E-state index in [-0.39, 0.29) is 11.3 Å². The third kappa shape index (κ3) is 3.16. The van der Waals surface area contributed by atoms with Gasteiger partial charge in [0.2, 0.25) is 0 Å². The predicted molar refractivity (Wildman–Crippen MR) is 65.2 cm³/mol. The summed E-state index contributed by atoms with van der Waals surface area (Å²) >= 11 is 0. The molecule has 2 atom stereocenters. The molecule has 2 nitrogen and oxygen atoms in total. The summed E-state index contributed by atoms with van der Waals surface area (Å²) in [6, 6.07) is 0. The molecular formula is C14H24O2. The molecule has 1 aliphatic rings. The van der Waals surface area contributed by atoms with E-state index in [1.165, 1.54) is 0 Å². The molecule has 0 radical (unpaired) electrons. The second-order valence-electron chi connectivity index (χ2n) is 5.72. The van der Waals surface area contributed by atoms with Gasteiger partial charge in [-0.3, -0.25) is 4.79 Å². The van der Waals surface area contributed by atoms with Gasteiger partial charge in [-0.05, 0) is 31.6 Å². The number of carbonyl (C=O) groups is 2. The Kier molecular flexibility index (Phi) is 4.69. The van der Waals surface area contributed by atoms with Gasteiger partial charge in [-0.15, -0.1) is 0 Å². The first kappa shape index (κ1) is 13.4. The van der Waals surface area contributed by atoms with Crippen molar-refractivity contribution in [1.29, 1.82) is 0 Å². The van der Waals surface area contributed by atoms with Gasteiger partial charge in [0.15, 0.2) is 0 Å². The first-order valence-electron chi connectivity index (χ1n) is 6.50. The predicted octanol–water partition coefficient (Wildman–Crippen LogP) is 3.39. The molecule has 2 heteroatoms. The Bertz CT molecular complexity index is 255. The smallest absolute Gasteiger partial charge is 0.135 e. The van der Waals surface area contributed by atoms with Crippen molar-refractivity contribution in [2.45, 2.75) is 59.3 Å². The van der Waals surface area contributed by atoms with Gasteiger partial charge in [-0.25, -0.2) is 0 Å². The summed E-state index contributed by atoms with van der Waals surface area (Å²) < 4.78 is 0. The standard InChI is InChI=1S/C14H24O2/c1-4-5-6-13(16)11-7-8-12(9-11)14(2,3)10-15/h10-12H,4-9H2,1-3H3/t11-,12+/m0/s1. The molecule has 92 valence electrons. The van der Waals surface area contributed by atoms with Crippen LogP contribution in [0, 0.1) is 17.3 Å². The number of aldehydes is 1. The fraction of sp³-hybridized carbons (Fsp3) is 0.857. The van der Waals surface area contributed by atoms with Crippen LogP contribution in [0.15, 0.2) is 0 Å². The van der Waals surface area contributed by atoms with Crippen molar-refractivity contribution in [2.24, 2.45) is 17.3 Å². The molecule has 0 aromatic carbocycles. The van der Waals surface area contributed by atoms with Crippen LogP contribution in [0.3, 0.4) is 0 Å². The highest BCUT2D eigenvalue weighted by Crippen LogP contribution is 2.42. The van der Waals surface area contributed by atoms with Crippen molar-refractivity contribution >= 4 is 12.1 Å². The maximum atomic E-state index is 11.9. The lowest BCUT2D eigenvalue weighted by Crippen LogP contribution is -2.24. The lowest BCUT2D eigenvalue weighted by atomic mass is 9.78. The van der Waals surface area contributed by atoms with Crippen LogP contribution in [0.1, 0.15) is 59.3 Å². The molecule has 0 aliphatic heterocycles. The second kappa shape index (κ2) is 5.60. The molecule has 0 N–H and O–H groups in total. The maximum Gasteiger partial charge on any atom is 0.135 e. The Hall–Kier alpha value is -0.660. The molecule has 0 saturated heterocycles. The zero-order valence-corrected chi connectivity index (χ0v) is 10.8. The summed E-state index contributed by atoms with van der Waals surface area (Å²) in [5, 5.41) is 0. The van der Waals surface area contributed by atoms with Gasteiger partial charge in [0.05, 0.1) is 0 Å². The van der Waals surface area contributed by atoms with Gasteiger partial charge < -0.3 is 4.79 Å². The highest BCUT2D eigenvalue weighted by atomic mass is 16.1. The summed E-state index contributed by atoms with van der Waals surface area (Å²) in [4.78, 5) is 22.9. The van der Waals surface area contributed by atoms with Crippen molar-refractivity contribution < 1.29 is 9.59 Å². The maximum absolute atomic E-state index is 11.9. The SMILES string of the molecule is CCCCC(=O)[C@H]1CC[C@@H](C(C)(C)C=O)C1. The molecule has 1 aliphatic carbocycles. The van der Waals surface area contributed by atoms with Crippen molar-refractivity contribution in [2.75, 3.05) is 0 Å². The van der Waals surface area contributed by atoms with E-state index in [0.717, 1.165) is 44.8 Å². The van der Waals surface area contributed by atoms with E-state index in [0.29, 0.717) is 11.7 Å². The van der Waals surface area contributed by atoms with Crippen molar-refractivity contribution in [3.63, 3.8) is 0 Å². The van der Waals surface area contributed by atoms with E-state index in [9.17, 15) is 9.59 Å². The molecule has 0 heterocycles. The van der Waals surface area contributed by atoms with Crippen molar-refractivity contribution in [1.82, 2.24) is 0 Å². The zero-order valence-electron chi connectivity index (χ0n) is 10.8. The monoisotopic (exact) mass is 224 g/mol. The minimum Gasteiger partial charge on any atom is -0.303 e. The van der Waals surface area contributed by atoms with Gasteiger partial charge >= 0.3 is 0 Å². The minimum atomic E-state index is -0.250. The van der Waals surface area contributed by atoms with Crippen LogP contribution in [-0.2, 0) is 9.59 Å². The van der Waals surface area contributed by atoms with Gasteiger partial charge in [0.25, 0.3) is 0 Å². The van der Waals surface area contributed by atoms with Crippen LogP contribution < -0.4 is 0 Å². The molecule has 0 unspecified atom stereocenters. The summed E-state index contributed by atoms with van der Waals surface area (Å²) in [6.07, 6.45) is 6.83. The zero-order chi connectivity index (χ0) is 12.2. The molecule has 16 heavy (non-hydrogen) atoms. The first-order chi connectivity index (χ1) is 7.51. The fourth-order valence-electron chi connectivity index (χ4n) is 2.60. The Labute approximate surface area is 98.8 Å². The first-order valence-corrected chi connectivity index (χ1v) is 6.50. The number of rotatable bonds is 6. The van der Waals surface area contributed by atoms with Crippen LogP contribution in [0.2, 0.25) is 0 Å². The number of hydrogen-bond acceptors (Lipinski definition) is 2. The van der Waals surface area contributed by atoms with Crippen LogP contribution in [-0.4, -0.2) is 12.1 Å². The molecule has 0 spiro atoms. The highest BCUT2D eigenvalue weighted by Gasteiger charge is 2.37. The van der Waals surface area contributed by atoms with Crippen LogP contribution >= 0.6 is 0 Å². The lowest BCUT2D eigenvalue weighted by Gasteiger charge is -2.25. The second-order valence-corrected chi connectivity index (χ2v) is 5.72. The highest BCUT2D eigenvalue weighted by molar-refractivity contribution is 5.81. The van der Waals surface area contributed by atoms with E-state index >= 15 is 0 Å². The molecule has 0 aromatic heterocycles. The molecule has 1 fully saturated rings. The largest absolute Gasteiger partial charge is 0.303 e. The number of carbonyl (C=O) groups excluding carboxylic acids is 2. The summed E-state index contributed by atoms with van der Waals surface area (Å²) in [7, 11) is 0. The van der Waals surface area contributed by atoms with E-state index in [1.807, 2.05) is 13.8 Å². The number of unbranched alkanes of at least 4 members (excludes halogenated alkanes) is 1. The van der Waals surface area contributed by atoms with Gasteiger partial charge in [0, 0.05) is 17.8 Å². The normalized spacial score (nSPS) is 25.7. The average molecular weight is 224 g/mol. The molecule has 0 bridgehead atoms. The molecule has 0 amide bonds. The Balaban J connectivity index is 2.46. The van der Waals surface area contributed by atoms with Gasteiger partial charge in [-0.1, -0.05) is 27.2 Å². The van der Waals surface area contributed by atoms with E-state index in [1.54, 1.807) is 0 Å². The van der Waals surface area contributed by atoms with Crippen LogP contribution in [0.25, 0.3) is 0 Å². The van der Waals surface area contributed by atoms with E-state index in [2.05, 4.69) is 6.92 Å². The van der Waals surface area contributed by atoms with Crippen LogP contribution in [0.5, 0.6) is 0 Å². The lowest BCUT2D eigenvalue weighted by molar-refractivity contribution is -0.123. The molecule has 1 rings (SSSR count). The number of Topliss-reactive ketones (excluding diaryl/α,β-unsaturated/α-hetero) is 1. The Morgan fingerprint density at radius 1 is 1.38 bits per heavy atom. The van der Waals surface area contributed by atoms with Gasteiger partial charge in [-0.2, -0.15) is 0 Å². The molecule has 0 aromatic rings. The van der Waals surface area contributed by atoms with Gasteiger partial charge in [0.1, 0.15) is 12.1 Å². The van der Waals surface area contributed by atoms with Crippen molar-refractivity contribution in [3.8, 4) is 0 Å². The summed E-state index contributed by atoms with van der Waals surface area (Å²) in [6.45, 7) is 6.09. The fourth-order valence-corrected chi connectivity index (χ4v) is 2.60. The molecular weight excluding hydrogens is 200 g/mol. The minimum absolute atomic E-state index is 0.232. The Morgan fingerprint density at radius 2 is 2.06 bits per heavy atom. The topological polar surface area (TPSA) is 34.1 Å². The summed E-state index contributed by atoms with van der Waals surface area (Å²) in [5.74, 6) is 1.06.